The van der Waals surface area contributed by atoms with Crippen molar-refractivity contribution in [1.29, 1.82) is 0 Å². The van der Waals surface area contributed by atoms with E-state index in [4.69, 9.17) is 5.14 Å². The van der Waals surface area contributed by atoms with Crippen LogP contribution in [0.5, 0.6) is 0 Å². The molecule has 0 bridgehead atoms. The van der Waals surface area contributed by atoms with Crippen molar-refractivity contribution in [2.24, 2.45) is 5.14 Å². The van der Waals surface area contributed by atoms with Gasteiger partial charge in [-0.15, -0.1) is 22.1 Å². The maximum absolute atomic E-state index is 10.4. The van der Waals surface area contributed by atoms with E-state index in [9.17, 15) is 8.42 Å². The normalized spacial score (nSPS) is 10.5. The third-order valence-corrected chi connectivity index (χ3v) is 2.67. The zero-order valence-electron chi connectivity index (χ0n) is 4.59. The first kappa shape index (κ1) is 9.95. The highest BCUT2D eigenvalue weighted by Gasteiger charge is 2.08. The summed E-state index contributed by atoms with van der Waals surface area (Å²) in [5, 5.41) is 8.00. The van der Waals surface area contributed by atoms with Gasteiger partial charge in [-0.25, -0.2) is 13.6 Å². The van der Waals surface area contributed by atoms with Crippen molar-refractivity contribution in [2.45, 2.75) is 4.21 Å². The molecule has 0 aliphatic carbocycles. The third-order valence-electron chi connectivity index (χ3n) is 0.622. The van der Waals surface area contributed by atoms with Crippen LogP contribution in [-0.2, 0) is 10.0 Å². The number of hydrogen-bond donors (Lipinski definition) is 1. The van der Waals surface area contributed by atoms with Crippen molar-refractivity contribution in [3.8, 4) is 0 Å². The van der Waals surface area contributed by atoms with Crippen LogP contribution in [0.1, 0.15) is 0 Å². The Bertz CT molecular complexity index is 279. The molecule has 0 saturated heterocycles. The Kier molecular flexibility index (Phi) is 3.36. The van der Waals surface area contributed by atoms with Crippen LogP contribution in [0, 0.1) is 0 Å². The average molecular weight is 246 g/mol. The van der Waals surface area contributed by atoms with Gasteiger partial charge >= 0.3 is 0 Å². The molecule has 0 aliphatic rings. The second-order valence-corrected chi connectivity index (χ2v) is 3.86. The van der Waals surface area contributed by atoms with Crippen molar-refractivity contribution in [3.63, 3.8) is 0 Å². The molecule has 1 heterocycles. The number of nitrogens with two attached hydrogens (primary N) is 1. The van der Waals surface area contributed by atoms with Crippen LogP contribution in [0.4, 0.5) is 0 Å². The molecule has 2 N–H and O–H groups in total. The molecule has 10 heavy (non-hydrogen) atoms. The minimum Gasteiger partial charge on any atom is -0.224 e. The first-order chi connectivity index (χ1) is 4.11. The molecule has 1 aromatic rings. The number of rotatable bonds is 1. The summed E-state index contributed by atoms with van der Waals surface area (Å²) in [5.74, 6) is 0. The highest BCUT2D eigenvalue weighted by Crippen LogP contribution is 2.06. The smallest absolute Gasteiger partial charge is 0.224 e. The Morgan fingerprint density at radius 3 is 2.40 bits per heavy atom. The summed E-state index contributed by atoms with van der Waals surface area (Å²) in [6, 6.07) is 0. The SMILES string of the molecule is Br.NS(=O)(=O)c1cnns1. The Balaban J connectivity index is 0.000000810. The predicted molar refractivity (Wildman–Crippen MR) is 41.6 cm³/mol. The van der Waals surface area contributed by atoms with Crippen LogP contribution in [-0.4, -0.2) is 18.0 Å². The van der Waals surface area contributed by atoms with E-state index < -0.39 is 10.0 Å². The van der Waals surface area contributed by atoms with Crippen molar-refractivity contribution in [3.05, 3.63) is 6.20 Å². The summed E-state index contributed by atoms with van der Waals surface area (Å²) < 4.78 is 24.1. The second kappa shape index (κ2) is 3.37. The monoisotopic (exact) mass is 245 g/mol. The van der Waals surface area contributed by atoms with Crippen molar-refractivity contribution < 1.29 is 8.42 Å². The highest BCUT2D eigenvalue weighted by molar-refractivity contribution is 8.93. The lowest BCUT2D eigenvalue weighted by Crippen LogP contribution is -2.09. The van der Waals surface area contributed by atoms with Crippen LogP contribution >= 0.6 is 28.5 Å². The molecule has 0 unspecified atom stereocenters. The number of halogens is 1. The zero-order chi connectivity index (χ0) is 6.91. The molecular formula is C2H4BrN3O2S2. The Morgan fingerprint density at radius 1 is 1.60 bits per heavy atom. The van der Waals surface area contributed by atoms with Crippen LogP contribution in [0.2, 0.25) is 0 Å². The number of sulfonamides is 1. The van der Waals surface area contributed by atoms with E-state index in [-0.39, 0.29) is 21.2 Å². The molecular weight excluding hydrogens is 242 g/mol. The van der Waals surface area contributed by atoms with Crippen LogP contribution in [0.25, 0.3) is 0 Å². The first-order valence-corrected chi connectivity index (χ1v) is 4.23. The van der Waals surface area contributed by atoms with Gasteiger partial charge < -0.3 is 0 Å². The average Bonchev–Trinajstić information content (AvgIpc) is 2.08. The van der Waals surface area contributed by atoms with Crippen LogP contribution in [0.15, 0.2) is 10.4 Å². The molecule has 0 radical (unpaired) electrons. The Hall–Kier alpha value is -0.0500. The topological polar surface area (TPSA) is 85.9 Å². The summed E-state index contributed by atoms with van der Waals surface area (Å²) in [7, 11) is -3.57. The van der Waals surface area contributed by atoms with Crippen LogP contribution in [0.3, 0.4) is 0 Å². The largest absolute Gasteiger partial charge is 0.250 e. The van der Waals surface area contributed by atoms with Crippen molar-refractivity contribution >= 4 is 38.5 Å². The molecule has 0 saturated carbocycles. The van der Waals surface area contributed by atoms with Gasteiger partial charge in [0.05, 0.1) is 6.20 Å². The van der Waals surface area contributed by atoms with E-state index in [0.717, 1.165) is 17.7 Å². The van der Waals surface area contributed by atoms with Gasteiger partial charge in [-0.1, -0.05) is 4.49 Å². The van der Waals surface area contributed by atoms with E-state index >= 15 is 0 Å². The van der Waals surface area contributed by atoms with Gasteiger partial charge in [0, 0.05) is 11.5 Å². The van der Waals surface area contributed by atoms with E-state index in [1.807, 2.05) is 0 Å². The van der Waals surface area contributed by atoms with Gasteiger partial charge in [-0.05, 0) is 0 Å². The summed E-state index contributed by atoms with van der Waals surface area (Å²) in [4.78, 5) is 0. The van der Waals surface area contributed by atoms with E-state index in [1.165, 1.54) is 0 Å². The minimum absolute atomic E-state index is 0. The fourth-order valence-electron chi connectivity index (χ4n) is 0.283. The Morgan fingerprint density at radius 2 is 2.20 bits per heavy atom. The molecule has 1 rings (SSSR count). The summed E-state index contributed by atoms with van der Waals surface area (Å²) in [6.07, 6.45) is 1.11. The molecule has 0 atom stereocenters. The molecule has 8 heteroatoms. The summed E-state index contributed by atoms with van der Waals surface area (Å²) in [5.41, 5.74) is 0. The lowest BCUT2D eigenvalue weighted by molar-refractivity contribution is 0.599. The van der Waals surface area contributed by atoms with Gasteiger partial charge in [0.1, 0.15) is 0 Å². The molecule has 58 valence electrons. The molecule has 0 aliphatic heterocycles. The molecule has 0 amide bonds. The fraction of sp³-hybridized carbons (Fsp3) is 0. The lowest BCUT2D eigenvalue weighted by atomic mass is 11.0. The lowest BCUT2D eigenvalue weighted by Gasteiger charge is -1.83. The van der Waals surface area contributed by atoms with Gasteiger partial charge in [0.15, 0.2) is 4.21 Å². The maximum atomic E-state index is 10.4. The van der Waals surface area contributed by atoms with E-state index in [1.54, 1.807) is 0 Å². The molecule has 0 fully saturated rings. The van der Waals surface area contributed by atoms with Gasteiger partial charge in [-0.2, -0.15) is 0 Å². The van der Waals surface area contributed by atoms with Gasteiger partial charge in [0.25, 0.3) is 10.0 Å². The molecule has 0 aromatic carbocycles. The van der Waals surface area contributed by atoms with E-state index in [0.29, 0.717) is 0 Å². The van der Waals surface area contributed by atoms with Gasteiger partial charge in [0.2, 0.25) is 0 Å². The number of primary sulfonamides is 1. The van der Waals surface area contributed by atoms with Crippen molar-refractivity contribution in [1.82, 2.24) is 9.59 Å². The number of aromatic nitrogens is 2. The molecule has 0 spiro atoms. The number of hydrogen-bond acceptors (Lipinski definition) is 5. The third kappa shape index (κ3) is 2.29. The quantitative estimate of drug-likeness (QED) is 0.741. The van der Waals surface area contributed by atoms with Crippen LogP contribution < -0.4 is 5.14 Å². The standard InChI is InChI=1S/C2H3N3O2S2.BrH/c3-9(6,7)2-1-4-5-8-2;/h1H,(H2,3,6,7);1H. The minimum atomic E-state index is -3.57. The summed E-state index contributed by atoms with van der Waals surface area (Å²) in [6.45, 7) is 0. The molecule has 1 aromatic heterocycles. The molecule has 5 nitrogen and oxygen atoms in total. The maximum Gasteiger partial charge on any atom is 0.250 e. The zero-order valence-corrected chi connectivity index (χ0v) is 7.94. The van der Waals surface area contributed by atoms with Gasteiger partial charge in [-0.3, -0.25) is 0 Å². The highest BCUT2D eigenvalue weighted by atomic mass is 79.9. The van der Waals surface area contributed by atoms with E-state index in [2.05, 4.69) is 9.59 Å². The predicted octanol–water partition coefficient (Wildman–Crippen LogP) is -0.237. The summed E-state index contributed by atoms with van der Waals surface area (Å²) >= 11 is 0.756. The first-order valence-electron chi connectivity index (χ1n) is 1.91. The number of nitrogens with zero attached hydrogens (tertiary/aromatic N) is 2. The van der Waals surface area contributed by atoms with Crippen molar-refractivity contribution in [2.75, 3.05) is 0 Å². The fourth-order valence-corrected chi connectivity index (χ4v) is 1.26. The Labute approximate surface area is 72.2 Å². The second-order valence-electron chi connectivity index (χ2n) is 1.28.